The van der Waals surface area contributed by atoms with Crippen LogP contribution >= 0.6 is 0 Å². The van der Waals surface area contributed by atoms with Gasteiger partial charge in [-0.25, -0.2) is 4.99 Å². The average Bonchev–Trinajstić information content (AvgIpc) is 2.78. The van der Waals surface area contributed by atoms with Crippen LogP contribution in [-0.4, -0.2) is 16.0 Å². The van der Waals surface area contributed by atoms with Gasteiger partial charge in [0.2, 0.25) is 5.79 Å². The molecule has 3 rings (SSSR count). The number of nitrogens with two attached hydrogens (primary N) is 2. The lowest BCUT2D eigenvalue weighted by Crippen LogP contribution is -2.47. The van der Waals surface area contributed by atoms with E-state index in [0.29, 0.717) is 11.7 Å². The Bertz CT molecular complexity index is 573. The van der Waals surface area contributed by atoms with Gasteiger partial charge in [-0.1, -0.05) is 30.3 Å². The van der Waals surface area contributed by atoms with Crippen molar-refractivity contribution in [2.75, 3.05) is 5.32 Å². The van der Waals surface area contributed by atoms with Crippen molar-refractivity contribution in [3.05, 3.63) is 47.7 Å². The van der Waals surface area contributed by atoms with Gasteiger partial charge in [-0.3, -0.25) is 10.8 Å². The number of nitrogens with one attached hydrogen (secondary N) is 2. The number of rotatable bonds is 1. The minimum Gasteiger partial charge on any atom is -0.383 e. The Balaban J connectivity index is 2.10. The molecule has 0 saturated carbocycles. The molecule has 86 valence electrons. The van der Waals surface area contributed by atoms with Crippen molar-refractivity contribution in [2.45, 2.75) is 5.79 Å². The summed E-state index contributed by atoms with van der Waals surface area (Å²) in [5, 5.41) is 9.81. The minimum absolute atomic E-state index is 0.374. The second-order valence-corrected chi connectivity index (χ2v) is 3.91. The third kappa shape index (κ3) is 1.46. The summed E-state index contributed by atoms with van der Waals surface area (Å²) in [5.74, 6) is 0.00734. The van der Waals surface area contributed by atoms with E-state index in [4.69, 9.17) is 11.5 Å². The van der Waals surface area contributed by atoms with Crippen LogP contribution in [0.15, 0.2) is 41.5 Å². The number of benzene rings is 1. The van der Waals surface area contributed by atoms with Gasteiger partial charge >= 0.3 is 0 Å². The first-order chi connectivity index (χ1) is 8.19. The van der Waals surface area contributed by atoms with Gasteiger partial charge in [0.05, 0.1) is 11.8 Å². The number of hydrogen-bond acceptors (Lipinski definition) is 5. The first-order valence-electron chi connectivity index (χ1n) is 5.21. The highest BCUT2D eigenvalue weighted by Gasteiger charge is 2.32. The standard InChI is InChI=1S/C11H12N6/c12-9-8-6-14-17-10(8)16-11(13,15-9)7-4-2-1-3-5-7/h1-6H,13H2,(H2,12,15)(H2,14,16,17). The van der Waals surface area contributed by atoms with E-state index in [1.807, 2.05) is 30.3 Å². The Hall–Kier alpha value is -2.34. The van der Waals surface area contributed by atoms with Gasteiger partial charge in [0.1, 0.15) is 11.7 Å². The predicted molar refractivity (Wildman–Crippen MR) is 65.2 cm³/mol. The summed E-state index contributed by atoms with van der Waals surface area (Å²) in [6.45, 7) is 0. The summed E-state index contributed by atoms with van der Waals surface area (Å²) in [6.07, 6.45) is 1.62. The smallest absolute Gasteiger partial charge is 0.212 e. The van der Waals surface area contributed by atoms with Crippen molar-refractivity contribution < 1.29 is 0 Å². The van der Waals surface area contributed by atoms with Crippen molar-refractivity contribution in [3.8, 4) is 0 Å². The van der Waals surface area contributed by atoms with Crippen LogP contribution in [0.4, 0.5) is 5.82 Å². The van der Waals surface area contributed by atoms with E-state index in [2.05, 4.69) is 20.5 Å². The Labute approximate surface area is 97.7 Å². The van der Waals surface area contributed by atoms with Crippen LogP contribution in [0.1, 0.15) is 11.1 Å². The molecule has 0 spiro atoms. The van der Waals surface area contributed by atoms with Crippen LogP contribution in [0.5, 0.6) is 0 Å². The van der Waals surface area contributed by atoms with Gasteiger partial charge < -0.3 is 11.1 Å². The molecule has 0 saturated heterocycles. The third-order valence-electron chi connectivity index (χ3n) is 2.74. The van der Waals surface area contributed by atoms with E-state index in [1.54, 1.807) is 6.20 Å². The van der Waals surface area contributed by atoms with Gasteiger partial charge in [-0.15, -0.1) is 0 Å². The van der Waals surface area contributed by atoms with E-state index in [1.165, 1.54) is 0 Å². The van der Waals surface area contributed by atoms with Gasteiger partial charge in [-0.2, -0.15) is 5.10 Å². The zero-order valence-electron chi connectivity index (χ0n) is 9.01. The molecule has 1 aromatic heterocycles. The maximum Gasteiger partial charge on any atom is 0.212 e. The molecule has 6 nitrogen and oxygen atoms in total. The molecule has 2 heterocycles. The Morgan fingerprint density at radius 1 is 1.18 bits per heavy atom. The number of aliphatic imine (C=N–C) groups is 1. The zero-order chi connectivity index (χ0) is 11.9. The van der Waals surface area contributed by atoms with Crippen LogP contribution in [0, 0.1) is 0 Å². The number of anilines is 1. The lowest BCUT2D eigenvalue weighted by atomic mass is 10.1. The lowest BCUT2D eigenvalue weighted by Gasteiger charge is -2.31. The monoisotopic (exact) mass is 228 g/mol. The molecule has 6 heteroatoms. The molecule has 1 aliphatic rings. The van der Waals surface area contributed by atoms with Gasteiger partial charge in [-0.05, 0) is 0 Å². The molecule has 6 N–H and O–H groups in total. The topological polar surface area (TPSA) is 105 Å². The maximum absolute atomic E-state index is 6.22. The molecular formula is C11H12N6. The second kappa shape index (κ2) is 3.33. The Morgan fingerprint density at radius 3 is 2.71 bits per heavy atom. The summed E-state index contributed by atoms with van der Waals surface area (Å²) in [7, 11) is 0. The highest BCUT2D eigenvalue weighted by molar-refractivity contribution is 6.03. The number of aromatic amines is 1. The van der Waals surface area contributed by atoms with Crippen LogP contribution in [0.2, 0.25) is 0 Å². The lowest BCUT2D eigenvalue weighted by molar-refractivity contribution is 0.534. The summed E-state index contributed by atoms with van der Waals surface area (Å²) >= 11 is 0. The van der Waals surface area contributed by atoms with Gasteiger partial charge in [0, 0.05) is 5.56 Å². The summed E-state index contributed by atoms with van der Waals surface area (Å²) < 4.78 is 0. The van der Waals surface area contributed by atoms with Gasteiger partial charge in [0.25, 0.3) is 0 Å². The van der Waals surface area contributed by atoms with Gasteiger partial charge in [0.15, 0.2) is 0 Å². The molecule has 1 unspecified atom stereocenters. The predicted octanol–water partition coefficient (Wildman–Crippen LogP) is 0.310. The van der Waals surface area contributed by atoms with E-state index < -0.39 is 5.79 Å². The summed E-state index contributed by atoms with van der Waals surface area (Å²) in [6, 6.07) is 9.51. The van der Waals surface area contributed by atoms with E-state index >= 15 is 0 Å². The van der Waals surface area contributed by atoms with E-state index in [9.17, 15) is 0 Å². The number of fused-ring (bicyclic) bond motifs is 1. The van der Waals surface area contributed by atoms with Crippen LogP contribution in [0.25, 0.3) is 0 Å². The SMILES string of the molecule is NC1=NC(N)(c2ccccc2)Nc2[nH]ncc21. The number of nitrogens with zero attached hydrogens (tertiary/aromatic N) is 2. The van der Waals surface area contributed by atoms with E-state index in [-0.39, 0.29) is 0 Å². The molecule has 0 radical (unpaired) electrons. The summed E-state index contributed by atoms with van der Waals surface area (Å²) in [5.41, 5.74) is 13.7. The molecule has 17 heavy (non-hydrogen) atoms. The quantitative estimate of drug-likeness (QED) is 0.563. The number of amidine groups is 1. The highest BCUT2D eigenvalue weighted by atomic mass is 15.3. The fraction of sp³-hybridized carbons (Fsp3) is 0.0909. The molecule has 1 aliphatic heterocycles. The fourth-order valence-electron chi connectivity index (χ4n) is 1.87. The van der Waals surface area contributed by atoms with Crippen molar-refractivity contribution in [1.82, 2.24) is 10.2 Å². The first-order valence-corrected chi connectivity index (χ1v) is 5.21. The molecule has 1 atom stereocenters. The van der Waals surface area contributed by atoms with Crippen molar-refractivity contribution in [1.29, 1.82) is 0 Å². The molecular weight excluding hydrogens is 216 g/mol. The Kier molecular flexibility index (Phi) is 1.93. The molecule has 2 aromatic rings. The van der Waals surface area contributed by atoms with Crippen LogP contribution < -0.4 is 16.8 Å². The second-order valence-electron chi connectivity index (χ2n) is 3.91. The number of H-pyrrole nitrogens is 1. The van der Waals surface area contributed by atoms with Crippen molar-refractivity contribution in [2.24, 2.45) is 16.5 Å². The number of aromatic nitrogens is 2. The normalized spacial score (nSPS) is 22.5. The largest absolute Gasteiger partial charge is 0.383 e. The van der Waals surface area contributed by atoms with Crippen molar-refractivity contribution in [3.63, 3.8) is 0 Å². The average molecular weight is 228 g/mol. The highest BCUT2D eigenvalue weighted by Crippen LogP contribution is 2.28. The molecule has 1 aromatic carbocycles. The fourth-order valence-corrected chi connectivity index (χ4v) is 1.87. The molecule has 0 bridgehead atoms. The van der Waals surface area contributed by atoms with E-state index in [0.717, 1.165) is 11.1 Å². The zero-order valence-corrected chi connectivity index (χ0v) is 9.01. The minimum atomic E-state index is -1.05. The molecule has 0 aliphatic carbocycles. The summed E-state index contributed by atoms with van der Waals surface area (Å²) in [4.78, 5) is 4.30. The van der Waals surface area contributed by atoms with Crippen LogP contribution in [-0.2, 0) is 5.79 Å². The maximum atomic E-state index is 6.22. The van der Waals surface area contributed by atoms with Crippen LogP contribution in [0.3, 0.4) is 0 Å². The molecule has 0 fully saturated rings. The number of hydrogen-bond donors (Lipinski definition) is 4. The molecule has 0 amide bonds. The Morgan fingerprint density at radius 2 is 1.94 bits per heavy atom. The first kappa shape index (κ1) is 9.86. The third-order valence-corrected chi connectivity index (χ3v) is 2.74. The van der Waals surface area contributed by atoms with Crippen molar-refractivity contribution >= 4 is 11.7 Å².